The van der Waals surface area contributed by atoms with Gasteiger partial charge in [-0.3, -0.25) is 4.79 Å². The molecule has 4 rings (SSSR count). The van der Waals surface area contributed by atoms with E-state index in [2.05, 4.69) is 17.2 Å². The SMILES string of the molecule is Cc1ccc2oc(SCc3ccc(C(=O)NCCC[NH+]4CCCC[C@H]4C)o3)nc2c1. The van der Waals surface area contributed by atoms with Crippen LogP contribution in [0.3, 0.4) is 0 Å². The maximum atomic E-state index is 12.3. The first-order valence-electron chi connectivity index (χ1n) is 10.8. The molecule has 2 aromatic heterocycles. The number of carbonyl (C=O) groups excluding carboxylic acids is 1. The Balaban J connectivity index is 1.22. The molecule has 2 N–H and O–H groups in total. The summed E-state index contributed by atoms with van der Waals surface area (Å²) in [4.78, 5) is 18.5. The highest BCUT2D eigenvalue weighted by Crippen LogP contribution is 2.27. The second-order valence-electron chi connectivity index (χ2n) is 8.17. The normalized spacial score (nSPS) is 19.3. The Morgan fingerprint density at radius 1 is 1.27 bits per heavy atom. The number of hydrogen-bond acceptors (Lipinski definition) is 5. The third-order valence-corrected chi connectivity index (χ3v) is 6.64. The van der Waals surface area contributed by atoms with Crippen molar-refractivity contribution in [3.8, 4) is 0 Å². The summed E-state index contributed by atoms with van der Waals surface area (Å²) in [6.45, 7) is 7.42. The number of furan rings is 1. The molecule has 0 spiro atoms. The third kappa shape index (κ3) is 5.26. The maximum Gasteiger partial charge on any atom is 0.286 e. The summed E-state index contributed by atoms with van der Waals surface area (Å²) in [6, 6.07) is 10.3. The van der Waals surface area contributed by atoms with Gasteiger partial charge in [0.25, 0.3) is 11.1 Å². The molecule has 3 heterocycles. The summed E-state index contributed by atoms with van der Waals surface area (Å²) in [5.41, 5.74) is 2.79. The number of oxazole rings is 1. The monoisotopic (exact) mass is 428 g/mol. The summed E-state index contributed by atoms with van der Waals surface area (Å²) in [6.07, 6.45) is 4.99. The van der Waals surface area contributed by atoms with E-state index in [1.54, 1.807) is 11.0 Å². The van der Waals surface area contributed by atoms with Crippen molar-refractivity contribution in [1.82, 2.24) is 10.3 Å². The fraction of sp³-hybridized carbons (Fsp3) is 0.478. The summed E-state index contributed by atoms with van der Waals surface area (Å²) in [5, 5.41) is 3.58. The third-order valence-electron chi connectivity index (χ3n) is 5.79. The van der Waals surface area contributed by atoms with E-state index in [4.69, 9.17) is 8.83 Å². The number of thioether (sulfide) groups is 1. The van der Waals surface area contributed by atoms with E-state index in [9.17, 15) is 4.79 Å². The largest absolute Gasteiger partial charge is 0.455 e. The molecular weight excluding hydrogens is 398 g/mol. The second-order valence-corrected chi connectivity index (χ2v) is 9.10. The minimum Gasteiger partial charge on any atom is -0.455 e. The molecule has 1 saturated heterocycles. The number of nitrogens with zero attached hydrogens (tertiary/aromatic N) is 1. The van der Waals surface area contributed by atoms with Gasteiger partial charge in [0.1, 0.15) is 11.3 Å². The molecule has 0 saturated carbocycles. The van der Waals surface area contributed by atoms with E-state index in [1.807, 2.05) is 31.2 Å². The quantitative estimate of drug-likeness (QED) is 0.424. The number of quaternary nitrogens is 1. The molecule has 160 valence electrons. The van der Waals surface area contributed by atoms with Gasteiger partial charge in [0.15, 0.2) is 11.3 Å². The van der Waals surface area contributed by atoms with Crippen LogP contribution in [0.1, 0.15) is 54.5 Å². The van der Waals surface area contributed by atoms with Gasteiger partial charge in [-0.1, -0.05) is 17.8 Å². The molecule has 30 heavy (non-hydrogen) atoms. The number of rotatable bonds is 8. The van der Waals surface area contributed by atoms with Gasteiger partial charge in [-0.05, 0) is 62.9 Å². The maximum absolute atomic E-state index is 12.3. The van der Waals surface area contributed by atoms with Gasteiger partial charge in [-0.15, -0.1) is 0 Å². The highest BCUT2D eigenvalue weighted by atomic mass is 32.2. The molecule has 1 amide bonds. The molecule has 0 radical (unpaired) electrons. The van der Waals surface area contributed by atoms with Crippen molar-refractivity contribution in [2.75, 3.05) is 19.6 Å². The van der Waals surface area contributed by atoms with Crippen molar-refractivity contribution in [3.63, 3.8) is 0 Å². The number of amides is 1. The highest BCUT2D eigenvalue weighted by Gasteiger charge is 2.21. The van der Waals surface area contributed by atoms with Crippen molar-refractivity contribution in [2.45, 2.75) is 56.5 Å². The minimum absolute atomic E-state index is 0.148. The average molecular weight is 429 g/mol. The lowest BCUT2D eigenvalue weighted by atomic mass is 10.0. The second kappa shape index (κ2) is 9.71. The first-order valence-corrected chi connectivity index (χ1v) is 11.8. The van der Waals surface area contributed by atoms with Gasteiger partial charge >= 0.3 is 0 Å². The van der Waals surface area contributed by atoms with E-state index in [-0.39, 0.29) is 5.91 Å². The molecule has 2 atom stereocenters. The molecule has 7 heteroatoms. The van der Waals surface area contributed by atoms with Gasteiger partial charge < -0.3 is 19.1 Å². The molecule has 1 aliphatic heterocycles. The van der Waals surface area contributed by atoms with Crippen LogP contribution in [0.25, 0.3) is 11.1 Å². The Labute approximate surface area is 181 Å². The van der Waals surface area contributed by atoms with Crippen molar-refractivity contribution < 1.29 is 18.5 Å². The molecule has 1 unspecified atom stereocenters. The van der Waals surface area contributed by atoms with Crippen molar-refractivity contribution in [3.05, 3.63) is 47.4 Å². The highest BCUT2D eigenvalue weighted by molar-refractivity contribution is 7.98. The molecule has 6 nitrogen and oxygen atoms in total. The number of aromatic nitrogens is 1. The lowest BCUT2D eigenvalue weighted by Crippen LogP contribution is -3.16. The summed E-state index contributed by atoms with van der Waals surface area (Å²) >= 11 is 1.46. The van der Waals surface area contributed by atoms with Crippen LogP contribution in [-0.4, -0.2) is 36.6 Å². The zero-order valence-electron chi connectivity index (χ0n) is 17.7. The van der Waals surface area contributed by atoms with Gasteiger partial charge in [-0.25, -0.2) is 4.98 Å². The Morgan fingerprint density at radius 2 is 2.17 bits per heavy atom. The molecule has 1 aliphatic rings. The predicted octanol–water partition coefficient (Wildman–Crippen LogP) is 3.60. The van der Waals surface area contributed by atoms with E-state index in [0.717, 1.165) is 41.4 Å². The van der Waals surface area contributed by atoms with Crippen LogP contribution in [0.15, 0.2) is 44.4 Å². The Kier molecular flexibility index (Phi) is 6.79. The first kappa shape index (κ1) is 21.0. The fourth-order valence-electron chi connectivity index (χ4n) is 4.02. The van der Waals surface area contributed by atoms with Crippen molar-refractivity contribution in [1.29, 1.82) is 0 Å². The Morgan fingerprint density at radius 3 is 3.03 bits per heavy atom. The number of carbonyl (C=O) groups is 1. The lowest BCUT2D eigenvalue weighted by Gasteiger charge is -2.30. The van der Waals surface area contributed by atoms with Gasteiger partial charge in [-0.2, -0.15) is 0 Å². The van der Waals surface area contributed by atoms with Crippen LogP contribution >= 0.6 is 11.8 Å². The molecule has 1 aromatic carbocycles. The molecule has 0 aliphatic carbocycles. The predicted molar refractivity (Wildman–Crippen MR) is 118 cm³/mol. The number of aryl methyl sites for hydroxylation is 1. The number of likely N-dealkylation sites (tertiary alicyclic amines) is 1. The summed E-state index contributed by atoms with van der Waals surface area (Å²) in [7, 11) is 0. The minimum atomic E-state index is -0.148. The lowest BCUT2D eigenvalue weighted by molar-refractivity contribution is -0.928. The zero-order valence-corrected chi connectivity index (χ0v) is 18.5. The number of piperidine rings is 1. The zero-order chi connectivity index (χ0) is 20.9. The topological polar surface area (TPSA) is 72.7 Å². The summed E-state index contributed by atoms with van der Waals surface area (Å²) in [5.74, 6) is 1.51. The molecular formula is C23H30N3O3S+. The van der Waals surface area contributed by atoms with E-state index in [0.29, 0.717) is 23.3 Å². The Hall–Kier alpha value is -2.25. The van der Waals surface area contributed by atoms with Crippen LogP contribution < -0.4 is 10.2 Å². The van der Waals surface area contributed by atoms with Crippen LogP contribution in [-0.2, 0) is 5.75 Å². The smallest absolute Gasteiger partial charge is 0.286 e. The number of fused-ring (bicyclic) bond motifs is 1. The fourth-order valence-corrected chi connectivity index (χ4v) is 4.75. The summed E-state index contributed by atoms with van der Waals surface area (Å²) < 4.78 is 11.5. The van der Waals surface area contributed by atoms with Crippen LogP contribution in [0.4, 0.5) is 0 Å². The number of nitrogens with one attached hydrogen (secondary N) is 2. The van der Waals surface area contributed by atoms with E-state index < -0.39 is 0 Å². The van der Waals surface area contributed by atoms with Gasteiger partial charge in [0.05, 0.1) is 24.9 Å². The first-order chi connectivity index (χ1) is 14.6. The average Bonchev–Trinajstić information content (AvgIpc) is 3.37. The molecule has 1 fully saturated rings. The van der Waals surface area contributed by atoms with Crippen LogP contribution in [0.2, 0.25) is 0 Å². The molecule has 0 bridgehead atoms. The van der Waals surface area contributed by atoms with Gasteiger partial charge in [0.2, 0.25) is 0 Å². The van der Waals surface area contributed by atoms with E-state index >= 15 is 0 Å². The van der Waals surface area contributed by atoms with Crippen LogP contribution in [0, 0.1) is 6.92 Å². The van der Waals surface area contributed by atoms with Crippen molar-refractivity contribution in [2.24, 2.45) is 0 Å². The van der Waals surface area contributed by atoms with Crippen molar-refractivity contribution >= 4 is 28.8 Å². The van der Waals surface area contributed by atoms with E-state index in [1.165, 1.54) is 37.6 Å². The Bertz CT molecular complexity index is 997. The standard InChI is InChI=1S/C23H29N3O3S/c1-16-7-9-20-19(14-16)25-23(29-20)30-15-18-8-10-21(28-18)22(27)24-11-5-13-26-12-4-3-6-17(26)2/h7-10,14,17H,3-6,11-13,15H2,1-2H3,(H,24,27)/p+1/t17-/m1/s1. The van der Waals surface area contributed by atoms with Crippen LogP contribution in [0.5, 0.6) is 0 Å². The number of benzene rings is 1. The molecule has 3 aromatic rings. The van der Waals surface area contributed by atoms with Gasteiger partial charge in [0, 0.05) is 13.0 Å². The number of hydrogen-bond donors (Lipinski definition) is 2.